The highest BCUT2D eigenvalue weighted by molar-refractivity contribution is 5.95. The number of carbonyl (C=O) groups excluding carboxylic acids is 1. The molecular weight excluding hydrogens is 639 g/mol. The van der Waals surface area contributed by atoms with Gasteiger partial charge < -0.3 is 35.2 Å². The van der Waals surface area contributed by atoms with Crippen LogP contribution in [0.25, 0.3) is 5.57 Å². The van der Waals surface area contributed by atoms with E-state index >= 15 is 0 Å². The number of nitriles is 1. The van der Waals surface area contributed by atoms with E-state index in [-0.39, 0.29) is 24.2 Å². The summed E-state index contributed by atoms with van der Waals surface area (Å²) in [7, 11) is 4.00. The highest BCUT2D eigenvalue weighted by atomic mass is 19.1. The first-order valence-corrected chi connectivity index (χ1v) is 16.5. The quantitative estimate of drug-likeness (QED) is 0.147. The van der Waals surface area contributed by atoms with Gasteiger partial charge in [0, 0.05) is 62.8 Å². The Morgan fingerprint density at radius 1 is 1.20 bits per heavy atom. The predicted molar refractivity (Wildman–Crippen MR) is 188 cm³/mol. The Balaban J connectivity index is 1.29. The monoisotopic (exact) mass is 684 g/mol. The largest absolute Gasteiger partial charge is 0.473 e. The maximum atomic E-state index is 14.4. The first kappa shape index (κ1) is 36.4. The minimum atomic E-state index is -0.963. The first-order chi connectivity index (χ1) is 23.7. The van der Waals surface area contributed by atoms with E-state index in [1.54, 1.807) is 58.0 Å². The van der Waals surface area contributed by atoms with Crippen molar-refractivity contribution >= 4 is 23.0 Å². The van der Waals surface area contributed by atoms with Crippen molar-refractivity contribution in [2.75, 3.05) is 40.3 Å². The van der Waals surface area contributed by atoms with Gasteiger partial charge in [-0.05, 0) is 76.6 Å². The van der Waals surface area contributed by atoms with E-state index in [9.17, 15) is 9.18 Å². The second-order valence-electron chi connectivity index (χ2n) is 13.5. The number of hydrazine groups is 1. The zero-order valence-corrected chi connectivity index (χ0v) is 29.4. The lowest BCUT2D eigenvalue weighted by Crippen LogP contribution is -2.53. The van der Waals surface area contributed by atoms with Gasteiger partial charge in [-0.2, -0.15) is 5.26 Å². The van der Waals surface area contributed by atoms with E-state index in [1.807, 2.05) is 50.6 Å². The lowest BCUT2D eigenvalue weighted by Gasteiger charge is -2.34. The molecule has 2 aromatic carbocycles. The molecule has 1 aromatic heterocycles. The third kappa shape index (κ3) is 9.86. The number of carbonyl (C=O) groups is 1. The number of rotatable bonds is 13. The van der Waals surface area contributed by atoms with E-state index in [0.29, 0.717) is 42.3 Å². The standard InChI is InChI=1S/C37H45FN8O4/c1-36(2,40)50-37(3,4)43-35(47)26-12-14-29(15-13-26)41-33(44(5)22-30-16-17-48-30)23-46-21-28(20-45(46)6)32-8-7-9-34(42-32)49-24-27-11-10-25(19-39)18-31(27)38/h7-15,18,21,30H,16-17,20,22-24,40H2,1-6H3,(H,43,47). The molecule has 3 heterocycles. The molecule has 0 spiro atoms. The van der Waals surface area contributed by atoms with Crippen LogP contribution in [0.1, 0.15) is 61.3 Å². The van der Waals surface area contributed by atoms with Crippen LogP contribution < -0.4 is 15.8 Å². The van der Waals surface area contributed by atoms with Gasteiger partial charge in [0.05, 0.1) is 35.7 Å². The average molecular weight is 685 g/mol. The summed E-state index contributed by atoms with van der Waals surface area (Å²) in [4.78, 5) is 24.8. The topological polar surface area (TPSA) is 142 Å². The molecule has 0 aliphatic carbocycles. The summed E-state index contributed by atoms with van der Waals surface area (Å²) >= 11 is 0. The molecule has 2 aliphatic heterocycles. The zero-order chi connectivity index (χ0) is 36.1. The molecule has 3 N–H and O–H groups in total. The molecule has 0 bridgehead atoms. The number of aromatic nitrogens is 1. The molecule has 1 unspecified atom stereocenters. The molecule has 13 heteroatoms. The van der Waals surface area contributed by atoms with Crippen LogP contribution in [0.15, 0.2) is 71.9 Å². The Kier molecular flexibility index (Phi) is 11.2. The molecule has 2 aliphatic rings. The molecule has 1 saturated heterocycles. The minimum Gasteiger partial charge on any atom is -0.473 e. The number of nitrogens with one attached hydrogen (secondary N) is 1. The van der Waals surface area contributed by atoms with E-state index in [4.69, 9.17) is 30.2 Å². The number of aliphatic imine (C=N–C) groups is 1. The molecule has 1 atom stereocenters. The smallest absolute Gasteiger partial charge is 0.253 e. The molecule has 1 fully saturated rings. The average Bonchev–Trinajstić information content (AvgIpc) is 3.40. The number of nitrogens with two attached hydrogens (primary N) is 1. The third-order valence-corrected chi connectivity index (χ3v) is 8.09. The molecule has 1 amide bonds. The second kappa shape index (κ2) is 15.3. The van der Waals surface area contributed by atoms with Gasteiger partial charge in [0.15, 0.2) is 0 Å². The lowest BCUT2D eigenvalue weighted by atomic mass is 10.1. The van der Waals surface area contributed by atoms with Gasteiger partial charge in [0.2, 0.25) is 5.88 Å². The van der Waals surface area contributed by atoms with Crippen LogP contribution in [0.4, 0.5) is 10.1 Å². The van der Waals surface area contributed by atoms with Crippen LogP contribution in [0, 0.1) is 17.1 Å². The van der Waals surface area contributed by atoms with Crippen molar-refractivity contribution in [3.8, 4) is 11.9 Å². The Bertz CT molecular complexity index is 1780. The molecule has 12 nitrogen and oxygen atoms in total. The van der Waals surface area contributed by atoms with Crippen molar-refractivity contribution in [2.24, 2.45) is 10.7 Å². The van der Waals surface area contributed by atoms with Gasteiger partial charge in [0.1, 0.15) is 29.7 Å². The number of hydrogen-bond donors (Lipinski definition) is 2. The third-order valence-electron chi connectivity index (χ3n) is 8.09. The SMILES string of the molecule is CN(CC1CCO1)C(CN1C=C(c2cccc(OCc3ccc(C#N)cc3F)n2)CN1C)=Nc1ccc(C(=O)NC(C)(C)OC(C)(C)N)cc1. The van der Waals surface area contributed by atoms with E-state index in [1.165, 1.54) is 6.07 Å². The lowest BCUT2D eigenvalue weighted by molar-refractivity contribution is -0.129. The fourth-order valence-electron chi connectivity index (χ4n) is 5.62. The van der Waals surface area contributed by atoms with Crippen LogP contribution in [-0.4, -0.2) is 89.5 Å². The highest BCUT2D eigenvalue weighted by Crippen LogP contribution is 2.25. The number of nitrogens with zero attached hydrogens (tertiary/aromatic N) is 6. The number of hydrogen-bond acceptors (Lipinski definition) is 10. The van der Waals surface area contributed by atoms with E-state index in [2.05, 4.69) is 25.2 Å². The van der Waals surface area contributed by atoms with Crippen LogP contribution in [0.5, 0.6) is 5.88 Å². The second-order valence-corrected chi connectivity index (χ2v) is 13.5. The van der Waals surface area contributed by atoms with Gasteiger partial charge in [0.25, 0.3) is 5.91 Å². The summed E-state index contributed by atoms with van der Waals surface area (Å²) in [6.07, 6.45) is 3.18. The summed E-state index contributed by atoms with van der Waals surface area (Å²) in [5.74, 6) is 0.406. The summed E-state index contributed by atoms with van der Waals surface area (Å²) in [5.41, 5.74) is 7.60. The van der Waals surface area contributed by atoms with E-state index in [0.717, 1.165) is 30.1 Å². The molecule has 0 radical (unpaired) electrons. The summed E-state index contributed by atoms with van der Waals surface area (Å²) < 4.78 is 31.7. The molecule has 50 heavy (non-hydrogen) atoms. The molecule has 0 saturated carbocycles. The fourth-order valence-corrected chi connectivity index (χ4v) is 5.62. The number of halogens is 1. The van der Waals surface area contributed by atoms with Gasteiger partial charge in [-0.25, -0.2) is 19.4 Å². The predicted octanol–water partition coefficient (Wildman–Crippen LogP) is 4.80. The first-order valence-electron chi connectivity index (χ1n) is 16.5. The Hall–Kier alpha value is -4.87. The number of amidine groups is 1. The van der Waals surface area contributed by atoms with Crippen LogP contribution in [0.2, 0.25) is 0 Å². The minimum absolute atomic E-state index is 0.0133. The van der Waals surface area contributed by atoms with Crippen molar-refractivity contribution in [3.63, 3.8) is 0 Å². The van der Waals surface area contributed by atoms with Crippen LogP contribution in [-0.2, 0) is 16.1 Å². The van der Waals surface area contributed by atoms with Crippen molar-refractivity contribution < 1.29 is 23.4 Å². The van der Waals surface area contributed by atoms with Crippen LogP contribution >= 0.6 is 0 Å². The maximum Gasteiger partial charge on any atom is 0.253 e. The molecule has 3 aromatic rings. The normalized spacial score (nSPS) is 16.8. The van der Waals surface area contributed by atoms with Gasteiger partial charge in [-0.1, -0.05) is 12.1 Å². The number of benzene rings is 2. The fraction of sp³-hybridized carbons (Fsp3) is 0.405. The van der Waals surface area contributed by atoms with Crippen molar-refractivity contribution in [2.45, 2.75) is 58.3 Å². The maximum absolute atomic E-state index is 14.4. The Morgan fingerprint density at radius 2 is 1.94 bits per heavy atom. The molecular formula is C37H45FN8O4. The summed E-state index contributed by atoms with van der Waals surface area (Å²) in [6, 6.07) is 18.8. The number of pyridine rings is 1. The van der Waals surface area contributed by atoms with Gasteiger partial charge in [-0.15, -0.1) is 0 Å². The van der Waals surface area contributed by atoms with Crippen molar-refractivity contribution in [1.82, 2.24) is 25.2 Å². The van der Waals surface area contributed by atoms with Crippen LogP contribution in [0.3, 0.4) is 0 Å². The summed E-state index contributed by atoms with van der Waals surface area (Å²) in [6.45, 7) is 9.49. The highest BCUT2D eigenvalue weighted by Gasteiger charge is 2.29. The van der Waals surface area contributed by atoms with Crippen molar-refractivity contribution in [3.05, 3.63) is 95.1 Å². The number of amides is 1. The Labute approximate surface area is 292 Å². The molecule has 5 rings (SSSR count). The van der Waals surface area contributed by atoms with Crippen molar-refractivity contribution in [1.29, 1.82) is 5.26 Å². The number of ether oxygens (including phenoxy) is 3. The Morgan fingerprint density at radius 3 is 2.58 bits per heavy atom. The number of likely N-dealkylation sites (N-methyl/N-ethyl adjacent to an activating group) is 2. The molecule has 264 valence electrons. The summed E-state index contributed by atoms with van der Waals surface area (Å²) in [5, 5.41) is 16.0. The van der Waals surface area contributed by atoms with Gasteiger partial charge in [-0.3, -0.25) is 4.79 Å². The van der Waals surface area contributed by atoms with Gasteiger partial charge >= 0.3 is 0 Å². The zero-order valence-electron chi connectivity index (χ0n) is 29.4. The van der Waals surface area contributed by atoms with E-state index < -0.39 is 17.3 Å².